The number of nitrogens with one attached hydrogen (secondary N) is 1. The summed E-state index contributed by atoms with van der Waals surface area (Å²) in [5.41, 5.74) is 6.58. The van der Waals surface area contributed by atoms with Crippen molar-refractivity contribution in [2.75, 3.05) is 18.4 Å². The molecule has 1 aromatic heterocycles. The van der Waals surface area contributed by atoms with Crippen molar-refractivity contribution in [1.29, 1.82) is 0 Å². The van der Waals surface area contributed by atoms with Crippen molar-refractivity contribution in [3.05, 3.63) is 70.1 Å². The summed E-state index contributed by atoms with van der Waals surface area (Å²) in [7, 11) is 0. The Kier molecular flexibility index (Phi) is 6.07. The lowest BCUT2D eigenvalue weighted by Gasteiger charge is -2.33. The molecule has 4 rings (SSSR count). The summed E-state index contributed by atoms with van der Waals surface area (Å²) in [6, 6.07) is 8.17. The van der Waals surface area contributed by atoms with E-state index in [-0.39, 0.29) is 34.6 Å². The minimum Gasteiger partial charge on any atom is -0.373 e. The molecular formula is C23H22Cl2FN5O2. The van der Waals surface area contributed by atoms with Crippen LogP contribution in [-0.2, 0) is 21.7 Å². The van der Waals surface area contributed by atoms with Gasteiger partial charge in [0.05, 0.1) is 21.1 Å². The number of fused-ring (bicyclic) bond motifs is 1. The number of primary amides is 1. The number of carbonyl (C=O) groups excluding carboxylic acids is 2. The highest BCUT2D eigenvalue weighted by Gasteiger charge is 2.44. The van der Waals surface area contributed by atoms with E-state index in [2.05, 4.69) is 17.0 Å². The molecule has 2 heterocycles. The number of likely N-dealkylation sites (tertiary alicyclic amines) is 1. The van der Waals surface area contributed by atoms with Crippen LogP contribution in [0.4, 0.5) is 10.1 Å². The Balaban J connectivity index is 1.79. The van der Waals surface area contributed by atoms with E-state index in [1.807, 2.05) is 19.1 Å². The zero-order valence-corrected chi connectivity index (χ0v) is 19.4. The van der Waals surface area contributed by atoms with Crippen molar-refractivity contribution in [2.45, 2.75) is 25.4 Å². The standard InChI is InChI=1S/C23H22Cl2FN5O2/c1-3-20(33)30-9-8-23(12-30,21-17(26)7-6-16(24)22(21)25)28-14-4-5-15-13(2)31(11-19(27)32)29-18(15)10-14/h3-7,10,28H,1,8-9,11-12H2,2H3,(H2,27,32)/t23-/m0/s1. The molecule has 1 saturated heterocycles. The van der Waals surface area contributed by atoms with Gasteiger partial charge in [-0.2, -0.15) is 5.10 Å². The van der Waals surface area contributed by atoms with E-state index in [1.165, 1.54) is 18.2 Å². The minimum atomic E-state index is -1.02. The monoisotopic (exact) mass is 489 g/mol. The van der Waals surface area contributed by atoms with Gasteiger partial charge in [0.25, 0.3) is 0 Å². The van der Waals surface area contributed by atoms with Crippen molar-refractivity contribution in [3.63, 3.8) is 0 Å². The Morgan fingerprint density at radius 1 is 1.33 bits per heavy atom. The fourth-order valence-electron chi connectivity index (χ4n) is 4.38. The van der Waals surface area contributed by atoms with Crippen LogP contribution < -0.4 is 11.1 Å². The Morgan fingerprint density at radius 2 is 2.09 bits per heavy atom. The molecule has 1 atom stereocenters. The van der Waals surface area contributed by atoms with Gasteiger partial charge in [0, 0.05) is 35.4 Å². The average Bonchev–Trinajstić information content (AvgIpc) is 3.32. The molecule has 0 unspecified atom stereocenters. The first-order chi connectivity index (χ1) is 15.6. The zero-order valence-electron chi connectivity index (χ0n) is 17.9. The number of halogens is 3. The van der Waals surface area contributed by atoms with Crippen LogP contribution in [0.3, 0.4) is 0 Å². The molecule has 2 aromatic carbocycles. The highest BCUT2D eigenvalue weighted by Crippen LogP contribution is 2.43. The zero-order chi connectivity index (χ0) is 23.9. The first kappa shape index (κ1) is 23.1. The molecule has 0 aliphatic carbocycles. The summed E-state index contributed by atoms with van der Waals surface area (Å²) in [6.45, 7) is 5.92. The molecule has 1 aliphatic rings. The fraction of sp³-hybridized carbons (Fsp3) is 0.261. The number of amides is 2. The quantitative estimate of drug-likeness (QED) is 0.404. The Morgan fingerprint density at radius 3 is 2.79 bits per heavy atom. The van der Waals surface area contributed by atoms with Gasteiger partial charge in [0.15, 0.2) is 0 Å². The number of hydrogen-bond acceptors (Lipinski definition) is 4. The minimum absolute atomic E-state index is 0.0326. The maximum atomic E-state index is 15.1. The largest absolute Gasteiger partial charge is 0.373 e. The van der Waals surface area contributed by atoms with Crippen LogP contribution in [0.1, 0.15) is 17.7 Å². The first-order valence-corrected chi connectivity index (χ1v) is 11.0. The summed E-state index contributed by atoms with van der Waals surface area (Å²) in [5, 5.41) is 9.04. The van der Waals surface area contributed by atoms with Crippen LogP contribution in [0.25, 0.3) is 10.9 Å². The number of aromatic nitrogens is 2. The molecule has 0 saturated carbocycles. The normalized spacial score (nSPS) is 18.0. The average molecular weight is 490 g/mol. The van der Waals surface area contributed by atoms with E-state index >= 15 is 4.39 Å². The molecule has 3 N–H and O–H groups in total. The van der Waals surface area contributed by atoms with Gasteiger partial charge in [-0.1, -0.05) is 29.8 Å². The summed E-state index contributed by atoms with van der Waals surface area (Å²) in [5.74, 6) is -1.27. The number of anilines is 1. The van der Waals surface area contributed by atoms with E-state index in [9.17, 15) is 9.59 Å². The predicted octanol–water partition coefficient (Wildman–Crippen LogP) is 4.00. The van der Waals surface area contributed by atoms with Gasteiger partial charge in [-0.05, 0) is 49.8 Å². The Bertz CT molecular complexity index is 1290. The van der Waals surface area contributed by atoms with E-state index in [0.29, 0.717) is 24.2 Å². The van der Waals surface area contributed by atoms with Gasteiger partial charge in [0.1, 0.15) is 12.4 Å². The number of benzene rings is 2. The lowest BCUT2D eigenvalue weighted by Crippen LogP contribution is -2.41. The lowest BCUT2D eigenvalue weighted by atomic mass is 9.87. The Labute approximate surface area is 199 Å². The number of carbonyl (C=O) groups is 2. The topological polar surface area (TPSA) is 93.3 Å². The van der Waals surface area contributed by atoms with Crippen LogP contribution in [-0.4, -0.2) is 39.6 Å². The predicted molar refractivity (Wildman–Crippen MR) is 127 cm³/mol. The third kappa shape index (κ3) is 4.16. The van der Waals surface area contributed by atoms with Gasteiger partial charge in [0.2, 0.25) is 11.8 Å². The second-order valence-corrected chi connectivity index (χ2v) is 8.87. The van der Waals surface area contributed by atoms with Gasteiger partial charge in [-0.3, -0.25) is 14.3 Å². The molecule has 0 spiro atoms. The second kappa shape index (κ2) is 8.68. The molecule has 3 aromatic rings. The van der Waals surface area contributed by atoms with E-state index in [1.54, 1.807) is 15.6 Å². The van der Waals surface area contributed by atoms with Crippen molar-refractivity contribution in [3.8, 4) is 0 Å². The molecule has 1 aliphatic heterocycles. The van der Waals surface area contributed by atoms with Gasteiger partial charge in [-0.25, -0.2) is 4.39 Å². The number of hydrogen-bond donors (Lipinski definition) is 2. The summed E-state index contributed by atoms with van der Waals surface area (Å²) in [4.78, 5) is 25.2. The second-order valence-electron chi connectivity index (χ2n) is 8.08. The van der Waals surface area contributed by atoms with E-state index in [0.717, 1.165) is 11.1 Å². The molecule has 0 bridgehead atoms. The van der Waals surface area contributed by atoms with Crippen LogP contribution in [0.2, 0.25) is 10.0 Å². The maximum absolute atomic E-state index is 15.1. The molecule has 33 heavy (non-hydrogen) atoms. The lowest BCUT2D eigenvalue weighted by molar-refractivity contribution is -0.125. The van der Waals surface area contributed by atoms with Crippen molar-refractivity contribution in [2.24, 2.45) is 5.73 Å². The van der Waals surface area contributed by atoms with Crippen molar-refractivity contribution < 1.29 is 14.0 Å². The van der Waals surface area contributed by atoms with Gasteiger partial charge >= 0.3 is 0 Å². The van der Waals surface area contributed by atoms with Crippen LogP contribution in [0.15, 0.2) is 43.0 Å². The molecule has 10 heteroatoms. The molecular weight excluding hydrogens is 468 g/mol. The van der Waals surface area contributed by atoms with Crippen LogP contribution in [0.5, 0.6) is 0 Å². The highest BCUT2D eigenvalue weighted by atomic mass is 35.5. The fourth-order valence-corrected chi connectivity index (χ4v) is 4.87. The van der Waals surface area contributed by atoms with Crippen LogP contribution in [0, 0.1) is 12.7 Å². The number of nitrogens with zero attached hydrogens (tertiary/aromatic N) is 3. The maximum Gasteiger partial charge on any atom is 0.246 e. The summed E-state index contributed by atoms with van der Waals surface area (Å²) >= 11 is 12.7. The summed E-state index contributed by atoms with van der Waals surface area (Å²) in [6.07, 6.45) is 1.63. The third-order valence-electron chi connectivity index (χ3n) is 5.97. The molecule has 172 valence electrons. The van der Waals surface area contributed by atoms with Crippen molar-refractivity contribution in [1.82, 2.24) is 14.7 Å². The SMILES string of the molecule is C=CC(=O)N1CC[C@@](Nc2ccc3c(C)n(CC(N)=O)nc3c2)(c2c(F)ccc(Cl)c2Cl)C1. The number of aryl methyl sites for hydroxylation is 1. The molecule has 0 radical (unpaired) electrons. The first-order valence-electron chi connectivity index (χ1n) is 10.2. The molecule has 1 fully saturated rings. The van der Waals surface area contributed by atoms with Crippen molar-refractivity contribution >= 4 is 51.6 Å². The van der Waals surface area contributed by atoms with Gasteiger partial charge in [-0.15, -0.1) is 0 Å². The van der Waals surface area contributed by atoms with E-state index in [4.69, 9.17) is 28.9 Å². The molecule has 7 nitrogen and oxygen atoms in total. The number of rotatable bonds is 6. The molecule has 2 amide bonds. The number of nitrogens with two attached hydrogens (primary N) is 1. The Hall–Kier alpha value is -3.10. The summed E-state index contributed by atoms with van der Waals surface area (Å²) < 4.78 is 16.6. The van der Waals surface area contributed by atoms with Crippen LogP contribution >= 0.6 is 23.2 Å². The highest BCUT2D eigenvalue weighted by molar-refractivity contribution is 6.42. The smallest absolute Gasteiger partial charge is 0.246 e. The van der Waals surface area contributed by atoms with E-state index < -0.39 is 17.3 Å². The third-order valence-corrected chi connectivity index (χ3v) is 6.77. The van der Waals surface area contributed by atoms with Gasteiger partial charge < -0.3 is 16.0 Å².